The Morgan fingerprint density at radius 2 is 1.86 bits per heavy atom. The van der Waals surface area contributed by atoms with Crippen molar-refractivity contribution < 1.29 is 19.4 Å². The minimum absolute atomic E-state index is 0.0230. The number of halogens is 1. The number of carbonyl (C=O) groups excluding carboxylic acids is 2. The zero-order valence-electron chi connectivity index (χ0n) is 10.7. The van der Waals surface area contributed by atoms with Crippen LogP contribution in [-0.2, 0) is 4.79 Å². The Morgan fingerprint density at radius 1 is 1.10 bits per heavy atom. The molecular weight excluding hydrogens is 336 g/mol. The summed E-state index contributed by atoms with van der Waals surface area (Å²) >= 11 is 3.28. The number of ether oxygens (including phenoxy) is 1. The number of hydrogen-bond acceptors (Lipinski definition) is 4. The van der Waals surface area contributed by atoms with Gasteiger partial charge in [-0.05, 0) is 36.4 Å². The van der Waals surface area contributed by atoms with Crippen LogP contribution >= 0.6 is 15.9 Å². The van der Waals surface area contributed by atoms with Crippen molar-refractivity contribution >= 4 is 33.8 Å². The third-order valence-electron chi connectivity index (χ3n) is 3.09. The van der Waals surface area contributed by atoms with E-state index in [-0.39, 0.29) is 17.1 Å². The van der Waals surface area contributed by atoms with Gasteiger partial charge in [0, 0.05) is 10.0 Å². The molecule has 0 bridgehead atoms. The molecule has 0 saturated carbocycles. The first-order valence-electron chi connectivity index (χ1n) is 6.12. The Kier molecular flexibility index (Phi) is 3.35. The van der Waals surface area contributed by atoms with Gasteiger partial charge in [-0.15, -0.1) is 0 Å². The molecule has 0 spiro atoms. The highest BCUT2D eigenvalue weighted by Gasteiger charge is 2.30. The molecule has 0 saturated heterocycles. The van der Waals surface area contributed by atoms with E-state index in [9.17, 15) is 14.7 Å². The van der Waals surface area contributed by atoms with E-state index in [0.717, 1.165) is 4.47 Å². The van der Waals surface area contributed by atoms with Gasteiger partial charge in [-0.1, -0.05) is 28.1 Å². The molecule has 0 radical (unpaired) electrons. The smallest absolute Gasteiger partial charge is 0.347 e. The normalized spacial score (nSPS) is 15.8. The molecule has 21 heavy (non-hydrogen) atoms. The number of para-hydroxylation sites is 1. The number of carbonyl (C=O) groups is 2. The summed E-state index contributed by atoms with van der Waals surface area (Å²) in [6, 6.07) is 11.3. The number of rotatable bonds is 1. The lowest BCUT2D eigenvalue weighted by Gasteiger charge is -2.16. The van der Waals surface area contributed by atoms with E-state index < -0.39 is 11.8 Å². The number of hydrogen-bond donors (Lipinski definition) is 1. The second kappa shape index (κ2) is 5.18. The van der Waals surface area contributed by atoms with Crippen LogP contribution in [0.1, 0.15) is 15.9 Å². The van der Waals surface area contributed by atoms with Gasteiger partial charge in [0.15, 0.2) is 0 Å². The Morgan fingerprint density at radius 3 is 2.67 bits per heavy atom. The molecule has 0 fully saturated rings. The van der Waals surface area contributed by atoms with E-state index in [1.165, 1.54) is 12.1 Å². The quantitative estimate of drug-likeness (QED) is 0.373. The first-order valence-corrected chi connectivity index (χ1v) is 6.91. The van der Waals surface area contributed by atoms with Gasteiger partial charge in [0.1, 0.15) is 17.1 Å². The summed E-state index contributed by atoms with van der Waals surface area (Å²) in [5, 5.41) is 9.80. The van der Waals surface area contributed by atoms with E-state index in [0.29, 0.717) is 11.1 Å². The van der Waals surface area contributed by atoms with Crippen molar-refractivity contribution in [3.05, 3.63) is 63.6 Å². The van der Waals surface area contributed by atoms with Gasteiger partial charge in [-0.3, -0.25) is 4.79 Å². The Bertz CT molecular complexity index is 793. The molecule has 1 aliphatic heterocycles. The second-order valence-electron chi connectivity index (χ2n) is 4.48. The number of esters is 1. The molecule has 0 amide bonds. The number of aromatic hydroxyl groups is 1. The third-order valence-corrected chi connectivity index (χ3v) is 3.58. The highest BCUT2D eigenvalue weighted by molar-refractivity contribution is 9.10. The highest BCUT2D eigenvalue weighted by atomic mass is 79.9. The van der Waals surface area contributed by atoms with Crippen molar-refractivity contribution in [1.82, 2.24) is 0 Å². The second-order valence-corrected chi connectivity index (χ2v) is 5.39. The predicted molar refractivity (Wildman–Crippen MR) is 80.2 cm³/mol. The number of fused-ring (bicyclic) bond motifs is 1. The molecule has 2 aromatic carbocycles. The largest absolute Gasteiger partial charge is 0.507 e. The summed E-state index contributed by atoms with van der Waals surface area (Å²) in [6.45, 7) is 0. The monoisotopic (exact) mass is 344 g/mol. The summed E-state index contributed by atoms with van der Waals surface area (Å²) in [4.78, 5) is 24.3. The number of phenolic OH excluding ortho intramolecular Hbond substituents is 1. The average Bonchev–Trinajstić information content (AvgIpc) is 2.47. The van der Waals surface area contributed by atoms with Crippen LogP contribution in [0.5, 0.6) is 11.5 Å². The first kappa shape index (κ1) is 13.6. The molecule has 0 aliphatic carbocycles. The molecule has 5 heteroatoms. The maximum Gasteiger partial charge on any atom is 0.347 e. The predicted octanol–water partition coefficient (Wildman–Crippen LogP) is 3.34. The van der Waals surface area contributed by atoms with E-state index in [1.807, 2.05) is 0 Å². The summed E-state index contributed by atoms with van der Waals surface area (Å²) in [6.07, 6.45) is 1.33. The van der Waals surface area contributed by atoms with Crippen LogP contribution < -0.4 is 4.74 Å². The van der Waals surface area contributed by atoms with Crippen molar-refractivity contribution in [3.63, 3.8) is 0 Å². The Hall–Kier alpha value is -2.40. The van der Waals surface area contributed by atoms with E-state index in [1.54, 1.807) is 36.4 Å². The number of Topliss-reactive ketones (excluding diaryl/α,β-unsaturated/α-hetero) is 1. The molecule has 3 rings (SSSR count). The topological polar surface area (TPSA) is 63.6 Å². The van der Waals surface area contributed by atoms with Gasteiger partial charge in [0.25, 0.3) is 0 Å². The summed E-state index contributed by atoms with van der Waals surface area (Å²) in [5.74, 6) is -0.910. The van der Waals surface area contributed by atoms with Crippen molar-refractivity contribution in [2.45, 2.75) is 0 Å². The molecule has 0 unspecified atom stereocenters. The summed E-state index contributed by atoms with van der Waals surface area (Å²) in [7, 11) is 0. The van der Waals surface area contributed by atoms with Gasteiger partial charge in [-0.2, -0.15) is 0 Å². The molecule has 0 aromatic heterocycles. The van der Waals surface area contributed by atoms with Gasteiger partial charge in [0.05, 0.1) is 5.56 Å². The minimum Gasteiger partial charge on any atom is -0.507 e. The van der Waals surface area contributed by atoms with E-state index >= 15 is 0 Å². The fourth-order valence-electron chi connectivity index (χ4n) is 2.06. The zero-order chi connectivity index (χ0) is 15.0. The molecule has 2 aromatic rings. The highest BCUT2D eigenvalue weighted by Crippen LogP contribution is 2.30. The summed E-state index contributed by atoms with van der Waals surface area (Å²) in [5.41, 5.74) is 0.587. The molecule has 0 atom stereocenters. The standard InChI is InChI=1S/C16H9BrO4/c17-10-5-6-13(18)9(7-10)8-12-15(19)11-3-1-2-4-14(11)21-16(12)20/h1-8,18H/b12-8-. The van der Waals surface area contributed by atoms with Crippen LogP contribution in [-0.4, -0.2) is 16.9 Å². The van der Waals surface area contributed by atoms with Crippen LogP contribution in [0, 0.1) is 0 Å². The van der Waals surface area contributed by atoms with Gasteiger partial charge >= 0.3 is 5.97 Å². The third kappa shape index (κ3) is 2.48. The maximum absolute atomic E-state index is 12.4. The van der Waals surface area contributed by atoms with Crippen molar-refractivity contribution in [2.75, 3.05) is 0 Å². The lowest BCUT2D eigenvalue weighted by Crippen LogP contribution is -2.24. The lowest BCUT2D eigenvalue weighted by molar-refractivity contribution is -0.130. The van der Waals surface area contributed by atoms with Gasteiger partial charge in [0.2, 0.25) is 5.78 Å². The molecule has 1 N–H and O–H groups in total. The zero-order valence-corrected chi connectivity index (χ0v) is 12.3. The van der Waals surface area contributed by atoms with Crippen molar-refractivity contribution in [3.8, 4) is 11.5 Å². The van der Waals surface area contributed by atoms with Crippen LogP contribution in [0.3, 0.4) is 0 Å². The van der Waals surface area contributed by atoms with Crippen LogP contribution in [0.2, 0.25) is 0 Å². The fraction of sp³-hybridized carbons (Fsp3) is 0. The number of ketones is 1. The Balaban J connectivity index is 2.11. The van der Waals surface area contributed by atoms with Crippen LogP contribution in [0.25, 0.3) is 6.08 Å². The van der Waals surface area contributed by atoms with Crippen molar-refractivity contribution in [1.29, 1.82) is 0 Å². The number of benzene rings is 2. The Labute approximate surface area is 128 Å². The molecular formula is C16H9BrO4. The molecule has 1 aliphatic rings. The van der Waals surface area contributed by atoms with Gasteiger partial charge < -0.3 is 9.84 Å². The van der Waals surface area contributed by atoms with Crippen LogP contribution in [0.15, 0.2) is 52.5 Å². The average molecular weight is 345 g/mol. The maximum atomic E-state index is 12.4. The molecule has 4 nitrogen and oxygen atoms in total. The fourth-order valence-corrected chi connectivity index (χ4v) is 2.44. The minimum atomic E-state index is -0.724. The summed E-state index contributed by atoms with van der Waals surface area (Å²) < 4.78 is 5.86. The molecule has 1 heterocycles. The van der Waals surface area contributed by atoms with Crippen LogP contribution in [0.4, 0.5) is 0 Å². The molecule has 104 valence electrons. The van der Waals surface area contributed by atoms with E-state index in [2.05, 4.69) is 15.9 Å². The lowest BCUT2D eigenvalue weighted by atomic mass is 9.98. The van der Waals surface area contributed by atoms with Crippen molar-refractivity contribution in [2.24, 2.45) is 0 Å². The van der Waals surface area contributed by atoms with Gasteiger partial charge in [-0.25, -0.2) is 4.79 Å². The first-order chi connectivity index (χ1) is 10.1. The number of phenols is 1. The SMILES string of the molecule is O=C1Oc2ccccc2C(=O)/C1=C/c1cc(Br)ccc1O. The van der Waals surface area contributed by atoms with E-state index in [4.69, 9.17) is 4.74 Å².